The molecule has 0 saturated heterocycles. The van der Waals surface area contributed by atoms with E-state index in [0.29, 0.717) is 13.1 Å². The van der Waals surface area contributed by atoms with Gasteiger partial charge in [0, 0.05) is 25.6 Å². The van der Waals surface area contributed by atoms with Gasteiger partial charge >= 0.3 is 7.75 Å². The van der Waals surface area contributed by atoms with Gasteiger partial charge in [0.25, 0.3) is 0 Å². The summed E-state index contributed by atoms with van der Waals surface area (Å²) in [6.45, 7) is 6.96. The third-order valence-corrected chi connectivity index (χ3v) is 2.99. The molecular formula is C10H23N2O4P. The highest BCUT2D eigenvalue weighted by Gasteiger charge is 2.21. The van der Waals surface area contributed by atoms with Gasteiger partial charge in [0.2, 0.25) is 5.91 Å². The second-order valence-electron chi connectivity index (χ2n) is 4.16. The quantitative estimate of drug-likeness (QED) is 0.572. The number of hydrogen-bond acceptors (Lipinski definition) is 2. The summed E-state index contributed by atoms with van der Waals surface area (Å²) in [5.74, 6) is -0.0675. The Morgan fingerprint density at radius 2 is 1.76 bits per heavy atom. The average Bonchev–Trinajstić information content (AvgIpc) is 2.14. The smallest absolute Gasteiger partial charge is 0.343 e. The van der Waals surface area contributed by atoms with Crippen LogP contribution in [0.4, 0.5) is 0 Å². The minimum Gasteiger partial charge on any atom is -0.343 e. The molecule has 0 rings (SSSR count). The molecule has 7 heteroatoms. The maximum atomic E-state index is 11.9. The Morgan fingerprint density at radius 3 is 2.12 bits per heavy atom. The van der Waals surface area contributed by atoms with Gasteiger partial charge in [-0.15, -0.1) is 0 Å². The van der Waals surface area contributed by atoms with E-state index in [1.54, 1.807) is 11.8 Å². The van der Waals surface area contributed by atoms with Crippen molar-refractivity contribution < 1.29 is 19.1 Å². The third-order valence-electron chi connectivity index (χ3n) is 2.21. The molecule has 0 aliphatic carbocycles. The fraction of sp³-hybridized carbons (Fsp3) is 0.900. The highest BCUT2D eigenvalue weighted by molar-refractivity contribution is 7.49. The molecule has 1 amide bonds. The zero-order valence-electron chi connectivity index (χ0n) is 10.7. The van der Waals surface area contributed by atoms with Crippen LogP contribution in [0.2, 0.25) is 0 Å². The molecule has 0 aliphatic heterocycles. The fourth-order valence-electron chi connectivity index (χ4n) is 1.62. The normalized spacial score (nSPS) is 13.5. The van der Waals surface area contributed by atoms with Crippen LogP contribution in [0.5, 0.6) is 0 Å². The number of nitrogens with one attached hydrogen (secondary N) is 1. The first-order chi connectivity index (χ1) is 7.80. The fourth-order valence-corrected chi connectivity index (χ4v) is 2.29. The predicted molar refractivity (Wildman–Crippen MR) is 66.4 cm³/mol. The summed E-state index contributed by atoms with van der Waals surface area (Å²) in [4.78, 5) is 31.0. The first-order valence-corrected chi connectivity index (χ1v) is 7.52. The average molecular weight is 266 g/mol. The topological polar surface area (TPSA) is 89.9 Å². The molecule has 0 spiro atoms. The number of nitrogens with zero attached hydrogens (tertiary/aromatic N) is 1. The second-order valence-corrected chi connectivity index (χ2v) is 5.51. The van der Waals surface area contributed by atoms with Gasteiger partial charge in [-0.3, -0.25) is 4.79 Å². The van der Waals surface area contributed by atoms with E-state index < -0.39 is 13.8 Å². The molecule has 0 aromatic heterocycles. The van der Waals surface area contributed by atoms with Crippen LogP contribution in [0.1, 0.15) is 40.0 Å². The Labute approximate surface area is 103 Å². The molecule has 0 aliphatic rings. The van der Waals surface area contributed by atoms with Crippen LogP contribution < -0.4 is 5.09 Å². The molecule has 6 nitrogen and oxygen atoms in total. The second kappa shape index (κ2) is 7.82. The molecule has 0 bridgehead atoms. The molecule has 0 radical (unpaired) electrons. The lowest BCUT2D eigenvalue weighted by molar-refractivity contribution is -0.131. The molecule has 17 heavy (non-hydrogen) atoms. The van der Waals surface area contributed by atoms with Crippen LogP contribution in [0.3, 0.4) is 0 Å². The lowest BCUT2D eigenvalue weighted by atomic mass is 10.2. The van der Waals surface area contributed by atoms with Crippen LogP contribution in [0.15, 0.2) is 0 Å². The largest absolute Gasteiger partial charge is 0.400 e. The number of hydrogen-bond donors (Lipinski definition) is 3. The Kier molecular flexibility index (Phi) is 7.63. The number of rotatable bonds is 8. The molecule has 0 fully saturated rings. The zero-order chi connectivity index (χ0) is 13.5. The summed E-state index contributed by atoms with van der Waals surface area (Å²) >= 11 is 0. The van der Waals surface area contributed by atoms with Gasteiger partial charge in [0.1, 0.15) is 0 Å². The van der Waals surface area contributed by atoms with Crippen molar-refractivity contribution in [1.29, 1.82) is 0 Å². The summed E-state index contributed by atoms with van der Waals surface area (Å²) in [5, 5.41) is 2.11. The van der Waals surface area contributed by atoms with E-state index in [2.05, 4.69) is 5.09 Å². The third kappa shape index (κ3) is 8.32. The standard InChI is InChI=1S/C10H23N2O4P/c1-4-6-12(7-5-2)10(13)8-9(3)11-17(14,15)16/h9H,4-8H2,1-3H3,(H3,11,14,15,16). The SMILES string of the molecule is CCCN(CCC)C(=O)CC(C)NP(=O)(O)O. The summed E-state index contributed by atoms with van der Waals surface area (Å²) in [6.07, 6.45) is 1.86. The zero-order valence-corrected chi connectivity index (χ0v) is 11.6. The first kappa shape index (κ1) is 16.6. The summed E-state index contributed by atoms with van der Waals surface area (Å²) in [6, 6.07) is -0.528. The van der Waals surface area contributed by atoms with Crippen LogP contribution in [-0.2, 0) is 9.36 Å². The molecule has 1 unspecified atom stereocenters. The van der Waals surface area contributed by atoms with E-state index in [-0.39, 0.29) is 12.3 Å². The Bertz CT molecular complexity index is 273. The lowest BCUT2D eigenvalue weighted by Crippen LogP contribution is -2.37. The highest BCUT2D eigenvalue weighted by atomic mass is 31.2. The van der Waals surface area contributed by atoms with Crippen LogP contribution in [-0.4, -0.2) is 39.7 Å². The van der Waals surface area contributed by atoms with Gasteiger partial charge in [0.05, 0.1) is 0 Å². The molecular weight excluding hydrogens is 243 g/mol. The summed E-state index contributed by atoms with van der Waals surface area (Å²) in [7, 11) is -4.26. The molecule has 0 heterocycles. The van der Waals surface area contributed by atoms with Gasteiger partial charge in [-0.05, 0) is 19.8 Å². The van der Waals surface area contributed by atoms with Gasteiger partial charge in [-0.25, -0.2) is 9.65 Å². The maximum absolute atomic E-state index is 11.9. The van der Waals surface area contributed by atoms with Crippen LogP contribution in [0.25, 0.3) is 0 Å². The molecule has 1 atom stereocenters. The van der Waals surface area contributed by atoms with Crippen molar-refractivity contribution in [3.63, 3.8) is 0 Å². The molecule has 0 aromatic carbocycles. The van der Waals surface area contributed by atoms with Crippen LogP contribution in [0, 0.1) is 0 Å². The summed E-state index contributed by atoms with van der Waals surface area (Å²) in [5.41, 5.74) is 0. The minimum atomic E-state index is -4.26. The number of carbonyl (C=O) groups is 1. The minimum absolute atomic E-state index is 0.0675. The van der Waals surface area contributed by atoms with Gasteiger partial charge < -0.3 is 14.7 Å². The van der Waals surface area contributed by atoms with E-state index in [0.717, 1.165) is 12.8 Å². The van der Waals surface area contributed by atoms with E-state index >= 15 is 0 Å². The maximum Gasteiger partial charge on any atom is 0.400 e. The van der Waals surface area contributed by atoms with Gasteiger partial charge in [0.15, 0.2) is 0 Å². The van der Waals surface area contributed by atoms with Crippen molar-refractivity contribution in [3.05, 3.63) is 0 Å². The lowest BCUT2D eigenvalue weighted by Gasteiger charge is -2.23. The monoisotopic (exact) mass is 266 g/mol. The summed E-state index contributed by atoms with van der Waals surface area (Å²) < 4.78 is 10.7. The van der Waals surface area contributed by atoms with E-state index in [9.17, 15) is 9.36 Å². The molecule has 3 N–H and O–H groups in total. The molecule has 0 saturated carbocycles. The number of amides is 1. The Balaban J connectivity index is 4.24. The van der Waals surface area contributed by atoms with Crippen molar-refractivity contribution in [3.8, 4) is 0 Å². The van der Waals surface area contributed by atoms with Crippen molar-refractivity contribution >= 4 is 13.7 Å². The Hall–Kier alpha value is -0.420. The van der Waals surface area contributed by atoms with E-state index in [4.69, 9.17) is 9.79 Å². The van der Waals surface area contributed by atoms with Crippen molar-refractivity contribution in [2.45, 2.75) is 46.1 Å². The first-order valence-electron chi connectivity index (χ1n) is 5.91. The van der Waals surface area contributed by atoms with E-state index in [1.165, 1.54) is 0 Å². The highest BCUT2D eigenvalue weighted by Crippen LogP contribution is 2.29. The predicted octanol–water partition coefficient (Wildman–Crippen LogP) is 1.10. The van der Waals surface area contributed by atoms with Gasteiger partial charge in [-0.1, -0.05) is 13.8 Å². The number of carbonyl (C=O) groups excluding carboxylic acids is 1. The molecule has 0 aromatic rings. The Morgan fingerprint density at radius 1 is 1.29 bits per heavy atom. The van der Waals surface area contributed by atoms with Crippen LogP contribution >= 0.6 is 7.75 Å². The van der Waals surface area contributed by atoms with E-state index in [1.807, 2.05) is 13.8 Å². The van der Waals surface area contributed by atoms with Crippen molar-refractivity contribution in [2.24, 2.45) is 0 Å². The van der Waals surface area contributed by atoms with Gasteiger partial charge in [-0.2, -0.15) is 0 Å². The van der Waals surface area contributed by atoms with Crippen molar-refractivity contribution in [1.82, 2.24) is 9.99 Å². The van der Waals surface area contributed by atoms with Crippen molar-refractivity contribution in [2.75, 3.05) is 13.1 Å². The molecule has 102 valence electrons.